The van der Waals surface area contributed by atoms with Crippen LogP contribution in [-0.2, 0) is 16.0 Å². The van der Waals surface area contributed by atoms with Crippen molar-refractivity contribution in [2.75, 3.05) is 18.0 Å². The number of hydrogen-bond acceptors (Lipinski definition) is 3. The van der Waals surface area contributed by atoms with E-state index in [1.54, 1.807) is 0 Å². The van der Waals surface area contributed by atoms with Crippen LogP contribution in [0.4, 0.5) is 5.69 Å². The predicted octanol–water partition coefficient (Wildman–Crippen LogP) is 1.42. The number of carboxylic acid groups (broad SMARTS) is 1. The Hall–Kier alpha value is -1.88. The molecule has 2 aliphatic heterocycles. The van der Waals surface area contributed by atoms with Crippen LogP contribution in [0.3, 0.4) is 0 Å². The van der Waals surface area contributed by atoms with Crippen LogP contribution in [-0.4, -0.2) is 36.1 Å². The van der Waals surface area contributed by atoms with Crippen molar-refractivity contribution in [3.63, 3.8) is 0 Å². The second-order valence-corrected chi connectivity index (χ2v) is 5.85. The maximum Gasteiger partial charge on any atom is 0.327 e. The second kappa shape index (κ2) is 5.85. The Morgan fingerprint density at radius 1 is 1.33 bits per heavy atom. The molecule has 0 aromatic heterocycles. The van der Waals surface area contributed by atoms with Crippen molar-refractivity contribution in [2.24, 2.45) is 5.92 Å². The van der Waals surface area contributed by atoms with Crippen molar-refractivity contribution in [3.05, 3.63) is 29.8 Å². The zero-order valence-electron chi connectivity index (χ0n) is 11.9. The van der Waals surface area contributed by atoms with Crippen molar-refractivity contribution >= 4 is 17.6 Å². The zero-order chi connectivity index (χ0) is 14.8. The number of carboxylic acids is 1. The zero-order valence-corrected chi connectivity index (χ0v) is 11.9. The van der Waals surface area contributed by atoms with Gasteiger partial charge in [-0.25, -0.2) is 4.79 Å². The molecule has 1 aromatic carbocycles. The van der Waals surface area contributed by atoms with Gasteiger partial charge in [-0.15, -0.1) is 0 Å². The summed E-state index contributed by atoms with van der Waals surface area (Å²) in [5, 5.41) is 12.7. The lowest BCUT2D eigenvalue weighted by Gasteiger charge is -2.23. The smallest absolute Gasteiger partial charge is 0.327 e. The van der Waals surface area contributed by atoms with Crippen LogP contribution in [0.1, 0.15) is 24.8 Å². The number of nitrogens with zero attached hydrogens (tertiary/aromatic N) is 1. The quantitative estimate of drug-likeness (QED) is 0.879. The Labute approximate surface area is 123 Å². The molecule has 2 unspecified atom stereocenters. The van der Waals surface area contributed by atoms with E-state index in [0.717, 1.165) is 37.2 Å². The first-order chi connectivity index (χ1) is 10.2. The molecule has 21 heavy (non-hydrogen) atoms. The molecule has 0 aliphatic carbocycles. The third-order valence-electron chi connectivity index (χ3n) is 4.46. The lowest BCUT2D eigenvalue weighted by molar-refractivity contribution is -0.139. The number of para-hydroxylation sites is 1. The van der Waals surface area contributed by atoms with E-state index in [1.165, 1.54) is 4.90 Å². The summed E-state index contributed by atoms with van der Waals surface area (Å²) in [6.45, 7) is 1.98. The molecule has 5 heteroatoms. The molecule has 0 radical (unpaired) electrons. The van der Waals surface area contributed by atoms with Gasteiger partial charge in [0.05, 0.1) is 0 Å². The van der Waals surface area contributed by atoms with E-state index in [4.69, 9.17) is 0 Å². The summed E-state index contributed by atoms with van der Waals surface area (Å²) in [7, 11) is 0. The number of anilines is 1. The molecule has 0 saturated carbocycles. The van der Waals surface area contributed by atoms with Crippen LogP contribution in [0.2, 0.25) is 0 Å². The largest absolute Gasteiger partial charge is 0.480 e. The van der Waals surface area contributed by atoms with Gasteiger partial charge in [0.2, 0.25) is 5.91 Å². The number of hydrogen-bond donors (Lipinski definition) is 2. The Bertz CT molecular complexity index is 552. The minimum Gasteiger partial charge on any atom is -0.480 e. The molecule has 1 saturated heterocycles. The SMILES string of the molecule is O=C(O)C1Cc2ccccc2N1C(=O)CCC1CCNC1. The summed E-state index contributed by atoms with van der Waals surface area (Å²) in [6.07, 6.45) is 2.76. The van der Waals surface area contributed by atoms with Gasteiger partial charge in [-0.3, -0.25) is 9.69 Å². The fourth-order valence-corrected chi connectivity index (χ4v) is 3.30. The third kappa shape index (κ3) is 2.78. The molecule has 1 fully saturated rings. The average Bonchev–Trinajstić information content (AvgIpc) is 3.11. The molecule has 0 bridgehead atoms. The van der Waals surface area contributed by atoms with Crippen molar-refractivity contribution < 1.29 is 14.7 Å². The summed E-state index contributed by atoms with van der Waals surface area (Å²) in [5.74, 6) is -0.462. The van der Waals surface area contributed by atoms with E-state index in [0.29, 0.717) is 18.8 Å². The maximum atomic E-state index is 12.5. The lowest BCUT2D eigenvalue weighted by Crippen LogP contribution is -2.42. The number of fused-ring (bicyclic) bond motifs is 1. The molecule has 0 spiro atoms. The van der Waals surface area contributed by atoms with Gasteiger partial charge in [0.1, 0.15) is 6.04 Å². The van der Waals surface area contributed by atoms with E-state index in [9.17, 15) is 14.7 Å². The predicted molar refractivity (Wildman–Crippen MR) is 79.3 cm³/mol. The standard InChI is InChI=1S/C16H20N2O3/c19-15(6-5-11-7-8-17-10-11)18-13-4-2-1-3-12(13)9-14(18)16(20)21/h1-4,11,14,17H,5-10H2,(H,20,21). The molecule has 1 aromatic rings. The van der Waals surface area contributed by atoms with Gasteiger partial charge < -0.3 is 10.4 Å². The minimum absolute atomic E-state index is 0.0701. The molecular weight excluding hydrogens is 268 g/mol. The van der Waals surface area contributed by atoms with E-state index in [1.807, 2.05) is 24.3 Å². The Morgan fingerprint density at radius 2 is 2.14 bits per heavy atom. The molecule has 2 N–H and O–H groups in total. The summed E-state index contributed by atoms with van der Waals surface area (Å²) in [4.78, 5) is 25.4. The summed E-state index contributed by atoms with van der Waals surface area (Å²) >= 11 is 0. The first-order valence-electron chi connectivity index (χ1n) is 7.50. The van der Waals surface area contributed by atoms with Gasteiger partial charge in [0.25, 0.3) is 0 Å². The van der Waals surface area contributed by atoms with Crippen LogP contribution in [0, 0.1) is 5.92 Å². The first kappa shape index (κ1) is 14.1. The Balaban J connectivity index is 1.73. The number of benzene rings is 1. The minimum atomic E-state index is -0.929. The second-order valence-electron chi connectivity index (χ2n) is 5.85. The van der Waals surface area contributed by atoms with Crippen molar-refractivity contribution in [1.82, 2.24) is 5.32 Å². The molecule has 112 valence electrons. The highest BCUT2D eigenvalue weighted by Gasteiger charge is 2.38. The highest BCUT2D eigenvalue weighted by atomic mass is 16.4. The number of carbonyl (C=O) groups excluding carboxylic acids is 1. The summed E-state index contributed by atoms with van der Waals surface area (Å²) in [5.41, 5.74) is 1.71. The monoisotopic (exact) mass is 288 g/mol. The highest BCUT2D eigenvalue weighted by molar-refractivity contribution is 6.01. The van der Waals surface area contributed by atoms with E-state index >= 15 is 0 Å². The average molecular weight is 288 g/mol. The molecular formula is C16H20N2O3. The molecule has 1 amide bonds. The Kier molecular flexibility index (Phi) is 3.92. The van der Waals surface area contributed by atoms with E-state index in [2.05, 4.69) is 5.32 Å². The van der Waals surface area contributed by atoms with Crippen LogP contribution in [0.5, 0.6) is 0 Å². The summed E-state index contributed by atoms with van der Waals surface area (Å²) in [6, 6.07) is 6.73. The van der Waals surface area contributed by atoms with Gasteiger partial charge in [-0.2, -0.15) is 0 Å². The maximum absolute atomic E-state index is 12.5. The van der Waals surface area contributed by atoms with Gasteiger partial charge in [-0.05, 0) is 43.5 Å². The van der Waals surface area contributed by atoms with Crippen molar-refractivity contribution in [1.29, 1.82) is 0 Å². The van der Waals surface area contributed by atoms with Crippen molar-refractivity contribution in [3.8, 4) is 0 Å². The van der Waals surface area contributed by atoms with Gasteiger partial charge in [-0.1, -0.05) is 18.2 Å². The fraction of sp³-hybridized carbons (Fsp3) is 0.500. The lowest BCUT2D eigenvalue weighted by atomic mass is 10.0. The van der Waals surface area contributed by atoms with E-state index in [-0.39, 0.29) is 5.91 Å². The van der Waals surface area contributed by atoms with E-state index < -0.39 is 12.0 Å². The molecule has 2 aliphatic rings. The topological polar surface area (TPSA) is 69.6 Å². The van der Waals surface area contributed by atoms with Gasteiger partial charge >= 0.3 is 5.97 Å². The van der Waals surface area contributed by atoms with Crippen LogP contribution in [0.15, 0.2) is 24.3 Å². The fourth-order valence-electron chi connectivity index (χ4n) is 3.30. The van der Waals surface area contributed by atoms with Crippen molar-refractivity contribution in [2.45, 2.75) is 31.7 Å². The molecule has 5 nitrogen and oxygen atoms in total. The normalized spacial score (nSPS) is 24.1. The highest BCUT2D eigenvalue weighted by Crippen LogP contribution is 2.33. The van der Waals surface area contributed by atoms with Gasteiger partial charge in [0.15, 0.2) is 0 Å². The van der Waals surface area contributed by atoms with Crippen LogP contribution >= 0.6 is 0 Å². The molecule has 2 heterocycles. The molecule has 3 rings (SSSR count). The van der Waals surface area contributed by atoms with Crippen LogP contribution < -0.4 is 10.2 Å². The third-order valence-corrected chi connectivity index (χ3v) is 4.46. The Morgan fingerprint density at radius 3 is 2.86 bits per heavy atom. The summed E-state index contributed by atoms with van der Waals surface area (Å²) < 4.78 is 0. The van der Waals surface area contributed by atoms with Gasteiger partial charge in [0, 0.05) is 18.5 Å². The number of amides is 1. The van der Waals surface area contributed by atoms with Crippen LogP contribution in [0.25, 0.3) is 0 Å². The number of aliphatic carboxylic acids is 1. The number of nitrogens with one attached hydrogen (secondary N) is 1. The first-order valence-corrected chi connectivity index (χ1v) is 7.50. The number of carbonyl (C=O) groups is 2. The number of rotatable bonds is 4. The molecule has 2 atom stereocenters.